The summed E-state index contributed by atoms with van der Waals surface area (Å²) >= 11 is 15.5. The minimum Gasteiger partial charge on any atom is -0.324 e. The van der Waals surface area contributed by atoms with E-state index >= 15 is 0 Å². The van der Waals surface area contributed by atoms with Crippen LogP contribution in [-0.4, -0.2) is 25.2 Å². The van der Waals surface area contributed by atoms with E-state index in [0.29, 0.717) is 21.3 Å². The van der Waals surface area contributed by atoms with Gasteiger partial charge in [-0.25, -0.2) is 8.42 Å². The number of hydrogen-bond donors (Lipinski definition) is 1. The zero-order valence-corrected chi connectivity index (χ0v) is 21.6. The van der Waals surface area contributed by atoms with Crippen molar-refractivity contribution in [1.82, 2.24) is 4.31 Å². The van der Waals surface area contributed by atoms with Crippen LogP contribution in [0.5, 0.6) is 0 Å². The minimum absolute atomic E-state index is 0.0573. The molecule has 0 aliphatic carbocycles. The standard InChI is InChI=1S/C25H19BrCl2N2O3S/c26-19-9-11-20(12-10-19)34(32,33)30(15-17-8-13-22(27)23(28)14-17)16-25(31)29-24-7-3-5-18-4-1-2-6-21(18)24/h1-14H,15-16H2,(H,29,31). The number of anilines is 1. The molecule has 0 bridgehead atoms. The molecule has 0 spiro atoms. The number of amides is 1. The monoisotopic (exact) mass is 576 g/mol. The number of sulfonamides is 1. The SMILES string of the molecule is O=C(CN(Cc1ccc(Cl)c(Cl)c1)S(=O)(=O)c1ccc(Br)cc1)Nc1cccc2ccccc12. The number of benzene rings is 4. The first-order chi connectivity index (χ1) is 16.2. The molecular formula is C25H19BrCl2N2O3S. The molecule has 0 saturated carbocycles. The fourth-order valence-corrected chi connectivity index (χ4v) is 5.48. The van der Waals surface area contributed by atoms with Gasteiger partial charge in [0.05, 0.1) is 21.5 Å². The van der Waals surface area contributed by atoms with Gasteiger partial charge in [0, 0.05) is 22.1 Å². The lowest BCUT2D eigenvalue weighted by Gasteiger charge is -2.22. The second kappa shape index (κ2) is 10.5. The molecule has 5 nitrogen and oxygen atoms in total. The highest BCUT2D eigenvalue weighted by molar-refractivity contribution is 9.10. The molecule has 0 heterocycles. The fourth-order valence-electron chi connectivity index (χ4n) is 3.51. The smallest absolute Gasteiger partial charge is 0.243 e. The topological polar surface area (TPSA) is 66.5 Å². The van der Waals surface area contributed by atoms with Crippen LogP contribution >= 0.6 is 39.1 Å². The summed E-state index contributed by atoms with van der Waals surface area (Å²) in [5.74, 6) is -0.461. The summed E-state index contributed by atoms with van der Waals surface area (Å²) in [4.78, 5) is 13.1. The van der Waals surface area contributed by atoms with Crippen LogP contribution in [0.2, 0.25) is 10.0 Å². The highest BCUT2D eigenvalue weighted by atomic mass is 79.9. The zero-order valence-electron chi connectivity index (χ0n) is 17.7. The Hall–Kier alpha value is -2.42. The number of nitrogens with zero attached hydrogens (tertiary/aromatic N) is 1. The number of nitrogens with one attached hydrogen (secondary N) is 1. The predicted octanol–water partition coefficient (Wildman–Crippen LogP) is 6.74. The Morgan fingerprint density at radius 2 is 1.59 bits per heavy atom. The average Bonchev–Trinajstić information content (AvgIpc) is 2.81. The highest BCUT2D eigenvalue weighted by Crippen LogP contribution is 2.27. The summed E-state index contributed by atoms with van der Waals surface area (Å²) in [7, 11) is -3.99. The van der Waals surface area contributed by atoms with Gasteiger partial charge in [-0.1, -0.05) is 81.6 Å². The first-order valence-electron chi connectivity index (χ1n) is 10.2. The van der Waals surface area contributed by atoms with E-state index in [4.69, 9.17) is 23.2 Å². The molecular weight excluding hydrogens is 559 g/mol. The molecule has 9 heteroatoms. The van der Waals surface area contributed by atoms with Crippen molar-refractivity contribution in [2.24, 2.45) is 0 Å². The largest absolute Gasteiger partial charge is 0.324 e. The van der Waals surface area contributed by atoms with Crippen molar-refractivity contribution in [3.63, 3.8) is 0 Å². The molecule has 0 aromatic heterocycles. The molecule has 0 radical (unpaired) electrons. The molecule has 4 aromatic rings. The number of fused-ring (bicyclic) bond motifs is 1. The van der Waals surface area contributed by atoms with E-state index < -0.39 is 15.9 Å². The van der Waals surface area contributed by atoms with Crippen molar-refractivity contribution in [2.75, 3.05) is 11.9 Å². The Labute approximate surface area is 216 Å². The van der Waals surface area contributed by atoms with Gasteiger partial charge in [0.1, 0.15) is 0 Å². The minimum atomic E-state index is -3.99. The molecule has 0 unspecified atom stereocenters. The van der Waals surface area contributed by atoms with Crippen LogP contribution < -0.4 is 5.32 Å². The van der Waals surface area contributed by atoms with Crippen LogP contribution in [0.3, 0.4) is 0 Å². The van der Waals surface area contributed by atoms with E-state index in [1.54, 1.807) is 36.4 Å². The van der Waals surface area contributed by atoms with Gasteiger partial charge in [-0.15, -0.1) is 0 Å². The van der Waals surface area contributed by atoms with E-state index in [1.165, 1.54) is 12.1 Å². The molecule has 0 fully saturated rings. The summed E-state index contributed by atoms with van der Waals surface area (Å²) in [5.41, 5.74) is 1.21. The number of carbonyl (C=O) groups excluding carboxylic acids is 1. The van der Waals surface area contributed by atoms with Crippen molar-refractivity contribution in [3.8, 4) is 0 Å². The predicted molar refractivity (Wildman–Crippen MR) is 141 cm³/mol. The second-order valence-electron chi connectivity index (χ2n) is 7.55. The molecule has 1 N–H and O–H groups in total. The van der Waals surface area contributed by atoms with E-state index in [1.807, 2.05) is 36.4 Å². The van der Waals surface area contributed by atoms with Crippen LogP contribution in [0.1, 0.15) is 5.56 Å². The molecule has 0 aliphatic rings. The Morgan fingerprint density at radius 3 is 2.32 bits per heavy atom. The number of hydrogen-bond acceptors (Lipinski definition) is 3. The van der Waals surface area contributed by atoms with Gasteiger partial charge in [0.15, 0.2) is 0 Å². The molecule has 0 saturated heterocycles. The van der Waals surface area contributed by atoms with Crippen molar-refractivity contribution < 1.29 is 13.2 Å². The van der Waals surface area contributed by atoms with Gasteiger partial charge < -0.3 is 5.32 Å². The summed E-state index contributed by atoms with van der Waals surface area (Å²) in [6.45, 7) is -0.444. The third-order valence-electron chi connectivity index (χ3n) is 5.18. The van der Waals surface area contributed by atoms with Crippen LogP contribution in [0.25, 0.3) is 10.8 Å². The van der Waals surface area contributed by atoms with Gasteiger partial charge >= 0.3 is 0 Å². The lowest BCUT2D eigenvalue weighted by Crippen LogP contribution is -2.37. The van der Waals surface area contributed by atoms with Crippen molar-refractivity contribution in [3.05, 3.63) is 105 Å². The Morgan fingerprint density at radius 1 is 0.882 bits per heavy atom. The van der Waals surface area contributed by atoms with Crippen LogP contribution in [0.15, 0.2) is 94.3 Å². The Bertz CT molecular complexity index is 1460. The molecule has 4 aromatic carbocycles. The number of rotatable bonds is 7. The lowest BCUT2D eigenvalue weighted by molar-refractivity contribution is -0.116. The second-order valence-corrected chi connectivity index (χ2v) is 11.2. The van der Waals surface area contributed by atoms with Crippen molar-refractivity contribution in [1.29, 1.82) is 0 Å². The van der Waals surface area contributed by atoms with Gasteiger partial charge in [0.2, 0.25) is 15.9 Å². The summed E-state index contributed by atoms with van der Waals surface area (Å²) < 4.78 is 28.8. The quantitative estimate of drug-likeness (QED) is 0.264. The molecule has 1 amide bonds. The maximum absolute atomic E-state index is 13.5. The normalized spacial score (nSPS) is 11.6. The Balaban J connectivity index is 1.64. The Kier molecular flexibility index (Phi) is 7.60. The first-order valence-corrected chi connectivity index (χ1v) is 13.2. The maximum atomic E-state index is 13.5. The highest BCUT2D eigenvalue weighted by Gasteiger charge is 2.27. The number of halogens is 3. The molecule has 174 valence electrons. The molecule has 34 heavy (non-hydrogen) atoms. The molecule has 0 atom stereocenters. The maximum Gasteiger partial charge on any atom is 0.243 e. The molecule has 0 aliphatic heterocycles. The lowest BCUT2D eigenvalue weighted by atomic mass is 10.1. The third-order valence-corrected chi connectivity index (χ3v) is 8.25. The van der Waals surface area contributed by atoms with Crippen LogP contribution in [0, 0.1) is 0 Å². The van der Waals surface area contributed by atoms with E-state index in [0.717, 1.165) is 19.6 Å². The van der Waals surface area contributed by atoms with E-state index in [2.05, 4.69) is 21.2 Å². The van der Waals surface area contributed by atoms with Crippen LogP contribution in [0.4, 0.5) is 5.69 Å². The van der Waals surface area contributed by atoms with Crippen molar-refractivity contribution in [2.45, 2.75) is 11.4 Å². The van der Waals surface area contributed by atoms with Gasteiger partial charge in [0.25, 0.3) is 0 Å². The van der Waals surface area contributed by atoms with E-state index in [9.17, 15) is 13.2 Å². The van der Waals surface area contributed by atoms with Gasteiger partial charge in [-0.2, -0.15) is 4.31 Å². The first kappa shape index (κ1) is 24.7. The van der Waals surface area contributed by atoms with Gasteiger partial charge in [-0.05, 0) is 53.4 Å². The van der Waals surface area contributed by atoms with Gasteiger partial charge in [-0.3, -0.25) is 4.79 Å². The molecule has 4 rings (SSSR count). The van der Waals surface area contributed by atoms with Crippen LogP contribution in [-0.2, 0) is 21.4 Å². The summed E-state index contributed by atoms with van der Waals surface area (Å²) in [5, 5.41) is 5.36. The number of carbonyl (C=O) groups is 1. The van der Waals surface area contributed by atoms with E-state index in [-0.39, 0.29) is 18.0 Å². The average molecular weight is 578 g/mol. The summed E-state index contributed by atoms with van der Waals surface area (Å²) in [6.07, 6.45) is 0. The fraction of sp³-hybridized carbons (Fsp3) is 0.0800. The third kappa shape index (κ3) is 5.62. The zero-order chi connectivity index (χ0) is 24.3. The summed E-state index contributed by atoms with van der Waals surface area (Å²) in [6, 6.07) is 24.3. The van der Waals surface area contributed by atoms with Crippen molar-refractivity contribution >= 4 is 71.5 Å².